The average molecular weight is 305 g/mol. The number of aryl methyl sites for hydroxylation is 1. The van der Waals surface area contributed by atoms with Crippen molar-refractivity contribution in [1.82, 2.24) is 5.43 Å². The fraction of sp³-hybridized carbons (Fsp3) is 0.125. The van der Waals surface area contributed by atoms with Gasteiger partial charge < -0.3 is 4.42 Å². The number of fused-ring (bicyclic) bond motifs is 1. The Labute approximate surface area is 126 Å². The summed E-state index contributed by atoms with van der Waals surface area (Å²) in [5, 5.41) is 1.32. The number of hydrogen-bond acceptors (Lipinski definition) is 3. The summed E-state index contributed by atoms with van der Waals surface area (Å²) in [6.45, 7) is 1.97. The minimum absolute atomic E-state index is 0.300. The number of hydrogen-bond donors (Lipinski definition) is 2. The normalized spacial score (nSPS) is 12.8. The van der Waals surface area contributed by atoms with E-state index in [1.807, 2.05) is 25.1 Å². The lowest BCUT2D eigenvalue weighted by atomic mass is 10.00. The van der Waals surface area contributed by atoms with Crippen LogP contribution in [0.15, 0.2) is 46.9 Å². The van der Waals surface area contributed by atoms with Crippen LogP contribution >= 0.6 is 11.6 Å². The number of hydrazine groups is 1. The highest BCUT2D eigenvalue weighted by atomic mass is 35.5. The molecule has 3 rings (SSSR count). The Hall–Kier alpha value is -1.88. The van der Waals surface area contributed by atoms with Gasteiger partial charge in [-0.15, -0.1) is 0 Å². The summed E-state index contributed by atoms with van der Waals surface area (Å²) in [5.74, 6) is 5.99. The maximum Gasteiger partial charge on any atom is 0.134 e. The molecule has 0 radical (unpaired) electrons. The molecule has 5 heteroatoms. The Morgan fingerprint density at radius 1 is 1.19 bits per heavy atom. The van der Waals surface area contributed by atoms with E-state index < -0.39 is 0 Å². The second-order valence-corrected chi connectivity index (χ2v) is 5.37. The Balaban J connectivity index is 2.11. The van der Waals surface area contributed by atoms with E-state index in [4.69, 9.17) is 21.9 Å². The van der Waals surface area contributed by atoms with Gasteiger partial charge in [-0.3, -0.25) is 5.84 Å². The lowest BCUT2D eigenvalue weighted by Crippen LogP contribution is -2.29. The van der Waals surface area contributed by atoms with Crippen LogP contribution in [0.4, 0.5) is 4.39 Å². The van der Waals surface area contributed by atoms with Gasteiger partial charge in [0.1, 0.15) is 23.2 Å². The Morgan fingerprint density at radius 2 is 2.00 bits per heavy atom. The third kappa shape index (κ3) is 2.65. The molecule has 0 spiro atoms. The molecule has 1 unspecified atom stereocenters. The van der Waals surface area contributed by atoms with E-state index in [9.17, 15) is 4.39 Å². The van der Waals surface area contributed by atoms with Crippen LogP contribution < -0.4 is 11.3 Å². The van der Waals surface area contributed by atoms with E-state index in [0.717, 1.165) is 11.1 Å². The fourth-order valence-corrected chi connectivity index (χ4v) is 2.61. The first kappa shape index (κ1) is 14.1. The van der Waals surface area contributed by atoms with Crippen LogP contribution in [0.5, 0.6) is 0 Å². The second kappa shape index (κ2) is 5.48. The van der Waals surface area contributed by atoms with Gasteiger partial charge in [0.15, 0.2) is 0 Å². The topological polar surface area (TPSA) is 51.2 Å². The molecule has 1 atom stereocenters. The van der Waals surface area contributed by atoms with Gasteiger partial charge in [-0.25, -0.2) is 9.82 Å². The third-order valence-electron chi connectivity index (χ3n) is 3.50. The highest BCUT2D eigenvalue weighted by Crippen LogP contribution is 2.31. The summed E-state index contributed by atoms with van der Waals surface area (Å²) in [6.07, 6.45) is 0. The zero-order chi connectivity index (χ0) is 15.0. The highest BCUT2D eigenvalue weighted by molar-refractivity contribution is 6.30. The van der Waals surface area contributed by atoms with E-state index in [2.05, 4.69) is 5.43 Å². The van der Waals surface area contributed by atoms with Crippen molar-refractivity contribution in [3.05, 3.63) is 70.2 Å². The quantitative estimate of drug-likeness (QED) is 0.566. The van der Waals surface area contributed by atoms with Crippen molar-refractivity contribution in [1.29, 1.82) is 0 Å². The lowest BCUT2D eigenvalue weighted by Gasteiger charge is -2.16. The zero-order valence-corrected chi connectivity index (χ0v) is 12.1. The Morgan fingerprint density at radius 3 is 2.76 bits per heavy atom. The Kier molecular flexibility index (Phi) is 3.68. The molecule has 3 nitrogen and oxygen atoms in total. The molecular formula is C16H14ClFN2O. The minimum Gasteiger partial charge on any atom is -0.459 e. The third-order valence-corrected chi connectivity index (χ3v) is 3.74. The molecule has 0 saturated carbocycles. The molecule has 0 aliphatic heterocycles. The number of halogens is 2. The first-order chi connectivity index (χ1) is 10.1. The van der Waals surface area contributed by atoms with Crippen LogP contribution in [0.25, 0.3) is 11.0 Å². The van der Waals surface area contributed by atoms with Crippen LogP contribution in [-0.2, 0) is 0 Å². The monoisotopic (exact) mass is 304 g/mol. The first-order valence-electron chi connectivity index (χ1n) is 6.49. The summed E-state index contributed by atoms with van der Waals surface area (Å²) < 4.78 is 19.0. The zero-order valence-electron chi connectivity index (χ0n) is 11.4. The molecule has 2 aromatic carbocycles. The van der Waals surface area contributed by atoms with Gasteiger partial charge in [0, 0.05) is 10.4 Å². The molecule has 1 aromatic heterocycles. The predicted molar refractivity (Wildman–Crippen MR) is 81.5 cm³/mol. The lowest BCUT2D eigenvalue weighted by molar-refractivity contribution is 0.476. The van der Waals surface area contributed by atoms with E-state index in [1.54, 1.807) is 12.1 Å². The molecule has 1 heterocycles. The molecule has 0 amide bonds. The smallest absolute Gasteiger partial charge is 0.134 e. The van der Waals surface area contributed by atoms with Crippen molar-refractivity contribution in [3.63, 3.8) is 0 Å². The number of nitrogens with two attached hydrogens (primary N) is 1. The molecule has 21 heavy (non-hydrogen) atoms. The van der Waals surface area contributed by atoms with Crippen molar-refractivity contribution < 1.29 is 8.81 Å². The number of rotatable bonds is 3. The molecule has 0 bridgehead atoms. The van der Waals surface area contributed by atoms with Gasteiger partial charge >= 0.3 is 0 Å². The molecule has 108 valence electrons. The van der Waals surface area contributed by atoms with Gasteiger partial charge in [0.05, 0.1) is 0 Å². The van der Waals surface area contributed by atoms with E-state index in [-0.39, 0.29) is 11.9 Å². The summed E-state index contributed by atoms with van der Waals surface area (Å²) in [6, 6.07) is 11.4. The maximum absolute atomic E-state index is 13.3. The summed E-state index contributed by atoms with van der Waals surface area (Å²) >= 11 is 6.06. The summed E-state index contributed by atoms with van der Waals surface area (Å²) in [4.78, 5) is 0. The predicted octanol–water partition coefficient (Wildman–Crippen LogP) is 4.09. The molecular weight excluding hydrogens is 291 g/mol. The van der Waals surface area contributed by atoms with E-state index in [0.29, 0.717) is 21.8 Å². The maximum atomic E-state index is 13.3. The van der Waals surface area contributed by atoms with E-state index >= 15 is 0 Å². The standard InChI is InChI=1S/C16H14ClFN2O/c1-9-2-3-11(17)8-13(9)16(20-19)15-7-10-6-12(18)4-5-14(10)21-15/h2-8,16,20H,19H2,1H3. The molecule has 3 aromatic rings. The van der Waals surface area contributed by atoms with Crippen molar-refractivity contribution in [2.75, 3.05) is 0 Å². The van der Waals surface area contributed by atoms with Gasteiger partial charge in [0.25, 0.3) is 0 Å². The van der Waals surface area contributed by atoms with Crippen molar-refractivity contribution >= 4 is 22.6 Å². The molecule has 3 N–H and O–H groups in total. The van der Waals surface area contributed by atoms with Crippen molar-refractivity contribution in [2.45, 2.75) is 13.0 Å². The van der Waals surface area contributed by atoms with Gasteiger partial charge in [-0.1, -0.05) is 17.7 Å². The second-order valence-electron chi connectivity index (χ2n) is 4.93. The molecule has 0 saturated heterocycles. The van der Waals surface area contributed by atoms with Gasteiger partial charge in [-0.05, 0) is 54.4 Å². The van der Waals surface area contributed by atoms with Crippen LogP contribution in [-0.4, -0.2) is 0 Å². The largest absolute Gasteiger partial charge is 0.459 e. The number of furan rings is 1. The SMILES string of the molecule is Cc1ccc(Cl)cc1C(NN)c1cc2cc(F)ccc2o1. The van der Waals surface area contributed by atoms with Crippen LogP contribution in [0, 0.1) is 12.7 Å². The summed E-state index contributed by atoms with van der Waals surface area (Å²) in [7, 11) is 0. The first-order valence-corrected chi connectivity index (χ1v) is 6.87. The van der Waals surface area contributed by atoms with Crippen molar-refractivity contribution in [3.8, 4) is 0 Å². The summed E-state index contributed by atoms with van der Waals surface area (Å²) in [5.41, 5.74) is 5.31. The van der Waals surface area contributed by atoms with Crippen LogP contribution in [0.2, 0.25) is 5.02 Å². The number of benzene rings is 2. The van der Waals surface area contributed by atoms with Gasteiger partial charge in [-0.2, -0.15) is 0 Å². The average Bonchev–Trinajstić information content (AvgIpc) is 2.86. The van der Waals surface area contributed by atoms with Crippen LogP contribution in [0.3, 0.4) is 0 Å². The van der Waals surface area contributed by atoms with Crippen LogP contribution in [0.1, 0.15) is 22.9 Å². The van der Waals surface area contributed by atoms with Gasteiger partial charge in [0.2, 0.25) is 0 Å². The molecule has 0 fully saturated rings. The number of nitrogens with one attached hydrogen (secondary N) is 1. The van der Waals surface area contributed by atoms with E-state index in [1.165, 1.54) is 12.1 Å². The highest BCUT2D eigenvalue weighted by Gasteiger charge is 2.19. The molecule has 0 aliphatic carbocycles. The fourth-order valence-electron chi connectivity index (χ4n) is 2.42. The Bertz CT molecular complexity index is 800. The molecule has 0 aliphatic rings. The minimum atomic E-state index is -0.348. The van der Waals surface area contributed by atoms with Crippen molar-refractivity contribution in [2.24, 2.45) is 5.84 Å².